The van der Waals surface area contributed by atoms with Crippen LogP contribution in [-0.2, 0) is 17.9 Å². The molecular formula is C25H26N6O2. The van der Waals surface area contributed by atoms with E-state index < -0.39 is 0 Å². The Bertz CT molecular complexity index is 1220. The zero-order valence-corrected chi connectivity index (χ0v) is 18.4. The average molecular weight is 443 g/mol. The molecule has 0 aliphatic rings. The smallest absolute Gasteiger partial charge is 0.317 e. The van der Waals surface area contributed by atoms with Crippen LogP contribution in [0.5, 0.6) is 0 Å². The van der Waals surface area contributed by atoms with Gasteiger partial charge in [0.15, 0.2) is 0 Å². The SMILES string of the molecule is CN(Cc1ccccc1)C(=O)NCCC(=O)NCc1ccc(-n2cnc3ccccc32)nc1. The number of fused-ring (bicyclic) bond motifs is 1. The second-order valence-corrected chi connectivity index (χ2v) is 7.73. The van der Waals surface area contributed by atoms with Gasteiger partial charge in [-0.25, -0.2) is 14.8 Å². The van der Waals surface area contributed by atoms with Gasteiger partial charge in [0.05, 0.1) is 11.0 Å². The number of benzene rings is 2. The summed E-state index contributed by atoms with van der Waals surface area (Å²) in [6.07, 6.45) is 3.70. The molecule has 2 aromatic carbocycles. The van der Waals surface area contributed by atoms with Crippen LogP contribution in [0, 0.1) is 0 Å². The second kappa shape index (κ2) is 10.4. The molecule has 8 heteroatoms. The summed E-state index contributed by atoms with van der Waals surface area (Å²) in [4.78, 5) is 34.8. The molecule has 8 nitrogen and oxygen atoms in total. The first-order valence-electron chi connectivity index (χ1n) is 10.8. The largest absolute Gasteiger partial charge is 0.352 e. The Labute approximate surface area is 192 Å². The van der Waals surface area contributed by atoms with Crippen LogP contribution in [0.15, 0.2) is 79.3 Å². The molecule has 0 saturated carbocycles. The molecule has 2 N–H and O–H groups in total. The highest BCUT2D eigenvalue weighted by Gasteiger charge is 2.10. The van der Waals surface area contributed by atoms with Crippen molar-refractivity contribution in [2.75, 3.05) is 13.6 Å². The van der Waals surface area contributed by atoms with Crippen molar-refractivity contribution in [1.29, 1.82) is 0 Å². The molecule has 0 aliphatic heterocycles. The van der Waals surface area contributed by atoms with Gasteiger partial charge in [0.1, 0.15) is 12.1 Å². The Hall–Kier alpha value is -4.20. The molecule has 0 aliphatic carbocycles. The highest BCUT2D eigenvalue weighted by atomic mass is 16.2. The van der Waals surface area contributed by atoms with Gasteiger partial charge in [-0.15, -0.1) is 0 Å². The van der Waals surface area contributed by atoms with Crippen molar-refractivity contribution in [3.05, 3.63) is 90.4 Å². The minimum absolute atomic E-state index is 0.134. The van der Waals surface area contributed by atoms with Crippen molar-refractivity contribution in [1.82, 2.24) is 30.1 Å². The van der Waals surface area contributed by atoms with Crippen LogP contribution in [0.25, 0.3) is 16.9 Å². The van der Waals surface area contributed by atoms with Gasteiger partial charge >= 0.3 is 6.03 Å². The van der Waals surface area contributed by atoms with Gasteiger partial charge in [-0.2, -0.15) is 0 Å². The van der Waals surface area contributed by atoms with Crippen molar-refractivity contribution < 1.29 is 9.59 Å². The summed E-state index contributed by atoms with van der Waals surface area (Å²) < 4.78 is 1.93. The van der Waals surface area contributed by atoms with E-state index in [4.69, 9.17) is 0 Å². The maximum atomic E-state index is 12.2. The third-order valence-electron chi connectivity index (χ3n) is 5.24. The summed E-state index contributed by atoms with van der Waals surface area (Å²) in [6.45, 7) is 1.16. The number of nitrogens with one attached hydrogen (secondary N) is 2. The van der Waals surface area contributed by atoms with E-state index in [1.807, 2.05) is 71.3 Å². The highest BCUT2D eigenvalue weighted by molar-refractivity contribution is 5.78. The number of aromatic nitrogens is 3. The molecule has 168 valence electrons. The molecule has 0 unspecified atom stereocenters. The number of imidazole rings is 1. The van der Waals surface area contributed by atoms with Crippen molar-refractivity contribution >= 4 is 23.0 Å². The normalized spacial score (nSPS) is 10.7. The van der Waals surface area contributed by atoms with Crippen LogP contribution >= 0.6 is 0 Å². The van der Waals surface area contributed by atoms with E-state index in [9.17, 15) is 9.59 Å². The first-order chi connectivity index (χ1) is 16.1. The molecule has 0 spiro atoms. The molecule has 3 amide bonds. The fourth-order valence-electron chi connectivity index (χ4n) is 3.44. The van der Waals surface area contributed by atoms with Crippen molar-refractivity contribution in [3.63, 3.8) is 0 Å². The van der Waals surface area contributed by atoms with Crippen LogP contribution < -0.4 is 10.6 Å². The number of urea groups is 1. The number of hydrogen-bond acceptors (Lipinski definition) is 4. The van der Waals surface area contributed by atoms with Crippen LogP contribution in [0.3, 0.4) is 0 Å². The van der Waals surface area contributed by atoms with E-state index in [2.05, 4.69) is 20.6 Å². The van der Waals surface area contributed by atoms with E-state index in [1.54, 1.807) is 24.5 Å². The lowest BCUT2D eigenvalue weighted by atomic mass is 10.2. The molecule has 4 aromatic rings. The number of carbonyl (C=O) groups is 2. The van der Waals surface area contributed by atoms with Crippen molar-refractivity contribution in [3.8, 4) is 5.82 Å². The monoisotopic (exact) mass is 442 g/mol. The average Bonchev–Trinajstić information content (AvgIpc) is 3.28. The lowest BCUT2D eigenvalue weighted by Gasteiger charge is -2.18. The predicted octanol–water partition coefficient (Wildman–Crippen LogP) is 3.27. The molecule has 0 fully saturated rings. The van der Waals surface area contributed by atoms with Gasteiger partial charge in [-0.1, -0.05) is 48.5 Å². The second-order valence-electron chi connectivity index (χ2n) is 7.73. The summed E-state index contributed by atoms with van der Waals surface area (Å²) in [5, 5.41) is 5.64. The van der Waals surface area contributed by atoms with Crippen LogP contribution in [0.2, 0.25) is 0 Å². The summed E-state index contributed by atoms with van der Waals surface area (Å²) in [5.74, 6) is 0.631. The molecular weight excluding hydrogens is 416 g/mol. The van der Waals surface area contributed by atoms with Crippen LogP contribution in [0.4, 0.5) is 4.79 Å². The molecule has 2 heterocycles. The van der Waals surface area contributed by atoms with Gasteiger partial charge in [-0.3, -0.25) is 9.36 Å². The minimum Gasteiger partial charge on any atom is -0.352 e. The summed E-state index contributed by atoms with van der Waals surface area (Å²) in [5.41, 5.74) is 3.84. The topological polar surface area (TPSA) is 92.2 Å². The Balaban J connectivity index is 1.20. The highest BCUT2D eigenvalue weighted by Crippen LogP contribution is 2.16. The number of nitrogens with zero attached hydrogens (tertiary/aromatic N) is 4. The van der Waals surface area contributed by atoms with E-state index >= 15 is 0 Å². The molecule has 33 heavy (non-hydrogen) atoms. The first-order valence-corrected chi connectivity index (χ1v) is 10.8. The third-order valence-corrected chi connectivity index (χ3v) is 5.24. The Morgan fingerprint density at radius 2 is 1.70 bits per heavy atom. The number of pyridine rings is 1. The fourth-order valence-corrected chi connectivity index (χ4v) is 3.44. The van der Waals surface area contributed by atoms with Crippen molar-refractivity contribution in [2.24, 2.45) is 0 Å². The fraction of sp³-hybridized carbons (Fsp3) is 0.200. The van der Waals surface area contributed by atoms with Gasteiger partial charge in [0.25, 0.3) is 0 Å². The Kier molecular flexibility index (Phi) is 6.94. The number of para-hydroxylation sites is 2. The zero-order valence-electron chi connectivity index (χ0n) is 18.4. The minimum atomic E-state index is -0.210. The third kappa shape index (κ3) is 5.74. The quantitative estimate of drug-likeness (QED) is 0.438. The van der Waals surface area contributed by atoms with E-state index in [0.29, 0.717) is 13.1 Å². The number of carbonyl (C=O) groups excluding carboxylic acids is 2. The standard InChI is InChI=1S/C25H26N6O2/c1-30(17-19-7-3-2-4-8-19)25(33)26-14-13-24(32)28-16-20-11-12-23(27-15-20)31-18-29-21-9-5-6-10-22(21)31/h2-12,15,18H,13-14,16-17H2,1H3,(H,26,33)(H,28,32). The van der Waals surface area contributed by atoms with E-state index in [-0.39, 0.29) is 24.9 Å². The maximum absolute atomic E-state index is 12.2. The summed E-state index contributed by atoms with van der Waals surface area (Å²) in [7, 11) is 1.73. The molecule has 2 aromatic heterocycles. The molecule has 0 bridgehead atoms. The van der Waals surface area contributed by atoms with Gasteiger partial charge in [0.2, 0.25) is 5.91 Å². The molecule has 4 rings (SSSR count). The van der Waals surface area contributed by atoms with E-state index in [0.717, 1.165) is 28.0 Å². The Morgan fingerprint density at radius 3 is 2.48 bits per heavy atom. The number of hydrogen-bond donors (Lipinski definition) is 2. The summed E-state index contributed by atoms with van der Waals surface area (Å²) in [6, 6.07) is 21.2. The molecule has 0 atom stereocenters. The van der Waals surface area contributed by atoms with Gasteiger partial charge in [-0.05, 0) is 29.3 Å². The predicted molar refractivity (Wildman–Crippen MR) is 127 cm³/mol. The lowest BCUT2D eigenvalue weighted by molar-refractivity contribution is -0.121. The summed E-state index contributed by atoms with van der Waals surface area (Å²) >= 11 is 0. The van der Waals surface area contributed by atoms with Gasteiger partial charge < -0.3 is 15.5 Å². The van der Waals surface area contributed by atoms with Gasteiger partial charge in [0, 0.05) is 39.3 Å². The van der Waals surface area contributed by atoms with Crippen molar-refractivity contribution in [2.45, 2.75) is 19.5 Å². The first kappa shape index (κ1) is 22.0. The Morgan fingerprint density at radius 1 is 0.909 bits per heavy atom. The van der Waals surface area contributed by atoms with Crippen LogP contribution in [-0.4, -0.2) is 45.0 Å². The number of rotatable bonds is 8. The number of amides is 3. The zero-order chi connectivity index (χ0) is 23.0. The van der Waals surface area contributed by atoms with Crippen LogP contribution in [0.1, 0.15) is 17.5 Å². The molecule has 0 radical (unpaired) electrons. The lowest BCUT2D eigenvalue weighted by Crippen LogP contribution is -2.38. The van der Waals surface area contributed by atoms with E-state index in [1.165, 1.54) is 0 Å². The maximum Gasteiger partial charge on any atom is 0.317 e. The molecule has 0 saturated heterocycles.